The highest BCUT2D eigenvalue weighted by Gasteiger charge is 2.55. The van der Waals surface area contributed by atoms with Gasteiger partial charge in [-0.05, 0) is 38.0 Å². The second kappa shape index (κ2) is 7.78. The molecule has 2 aliphatic rings. The van der Waals surface area contributed by atoms with Gasteiger partial charge in [-0.1, -0.05) is 6.07 Å². The van der Waals surface area contributed by atoms with Crippen LogP contribution in [0.1, 0.15) is 35.7 Å². The van der Waals surface area contributed by atoms with Crippen LogP contribution in [0.2, 0.25) is 0 Å². The molecule has 2 fully saturated rings. The molecule has 0 atom stereocenters. The van der Waals surface area contributed by atoms with E-state index in [1.807, 2.05) is 24.7 Å². The zero-order valence-electron chi connectivity index (χ0n) is 18.8. The third kappa shape index (κ3) is 3.68. The molecular formula is C23H25F3N6O2. The average Bonchev–Trinajstić information content (AvgIpc) is 3.31. The number of nitrogens with zero attached hydrogens (tertiary/aromatic N) is 5. The van der Waals surface area contributed by atoms with Gasteiger partial charge in [-0.15, -0.1) is 0 Å². The third-order valence-electron chi connectivity index (χ3n) is 6.93. The molecule has 2 aromatic heterocycles. The Morgan fingerprint density at radius 3 is 2.65 bits per heavy atom. The molecule has 1 spiro atoms. The van der Waals surface area contributed by atoms with Crippen LogP contribution in [0, 0.1) is 5.41 Å². The van der Waals surface area contributed by atoms with Gasteiger partial charge in [-0.25, -0.2) is 9.31 Å². The molecule has 1 saturated heterocycles. The van der Waals surface area contributed by atoms with Gasteiger partial charge >= 0.3 is 12.2 Å². The van der Waals surface area contributed by atoms with Crippen molar-refractivity contribution >= 4 is 23.3 Å². The fourth-order valence-electron chi connectivity index (χ4n) is 5.23. The number of likely N-dealkylation sites (tertiary alicyclic amines) is 1. The van der Waals surface area contributed by atoms with E-state index in [0.717, 1.165) is 30.6 Å². The monoisotopic (exact) mass is 474 g/mol. The SMILES string of the molecule is CCN(C(=O)Nc1cccc(C(F)(F)F)c1)C1CC2(C1)CN(C(=O)c1cnn3ccn(C)c13)C2. The number of rotatable bonds is 4. The Labute approximate surface area is 193 Å². The fourth-order valence-corrected chi connectivity index (χ4v) is 5.23. The second-order valence-corrected chi connectivity index (χ2v) is 9.25. The van der Waals surface area contributed by atoms with Crippen molar-refractivity contribution in [3.05, 3.63) is 54.0 Å². The first kappa shape index (κ1) is 22.3. The first-order valence-electron chi connectivity index (χ1n) is 11.1. The van der Waals surface area contributed by atoms with Crippen molar-refractivity contribution in [2.75, 3.05) is 25.0 Å². The van der Waals surface area contributed by atoms with Gasteiger partial charge in [-0.3, -0.25) is 4.79 Å². The lowest BCUT2D eigenvalue weighted by Crippen LogP contribution is -2.68. The Bertz CT molecular complexity index is 1250. The topological polar surface area (TPSA) is 74.9 Å². The number of fused-ring (bicyclic) bond motifs is 1. The lowest BCUT2D eigenvalue weighted by molar-refractivity contribution is -0.137. The smallest absolute Gasteiger partial charge is 0.337 e. The van der Waals surface area contributed by atoms with Crippen molar-refractivity contribution in [1.82, 2.24) is 24.0 Å². The Morgan fingerprint density at radius 2 is 1.97 bits per heavy atom. The summed E-state index contributed by atoms with van der Waals surface area (Å²) in [5.74, 6) is -0.0551. The molecule has 0 unspecified atom stereocenters. The number of nitrogens with one attached hydrogen (secondary N) is 1. The minimum absolute atomic E-state index is 0.00921. The van der Waals surface area contributed by atoms with Gasteiger partial charge in [0.2, 0.25) is 0 Å². The number of hydrogen-bond donors (Lipinski definition) is 1. The number of benzene rings is 1. The summed E-state index contributed by atoms with van der Waals surface area (Å²) in [5.41, 5.74) is 0.613. The van der Waals surface area contributed by atoms with E-state index in [1.165, 1.54) is 12.1 Å². The van der Waals surface area contributed by atoms with Crippen LogP contribution >= 0.6 is 0 Å². The third-order valence-corrected chi connectivity index (χ3v) is 6.93. The fraction of sp³-hybridized carbons (Fsp3) is 0.435. The Hall–Kier alpha value is -3.50. The number of urea groups is 1. The molecular weight excluding hydrogens is 449 g/mol. The number of anilines is 1. The molecule has 0 bridgehead atoms. The summed E-state index contributed by atoms with van der Waals surface area (Å²) in [7, 11) is 1.87. The van der Waals surface area contributed by atoms with Crippen LogP contribution in [0.5, 0.6) is 0 Å². The highest BCUT2D eigenvalue weighted by atomic mass is 19.4. The molecule has 0 radical (unpaired) electrons. The summed E-state index contributed by atoms with van der Waals surface area (Å²) in [5, 5.41) is 6.82. The van der Waals surface area contributed by atoms with Crippen LogP contribution < -0.4 is 5.32 Å². The second-order valence-electron chi connectivity index (χ2n) is 9.25. The first-order chi connectivity index (χ1) is 16.1. The molecule has 3 amide bonds. The number of aromatic nitrogens is 3. The summed E-state index contributed by atoms with van der Waals surface area (Å²) in [6.07, 6.45) is 2.27. The van der Waals surface area contributed by atoms with Crippen molar-refractivity contribution < 1.29 is 22.8 Å². The average molecular weight is 474 g/mol. The van der Waals surface area contributed by atoms with Crippen LogP contribution in [0.15, 0.2) is 42.9 Å². The zero-order valence-corrected chi connectivity index (χ0v) is 18.8. The summed E-state index contributed by atoms with van der Waals surface area (Å²) in [4.78, 5) is 29.2. The number of imidazole rings is 1. The van der Waals surface area contributed by atoms with Gasteiger partial charge < -0.3 is 19.7 Å². The highest BCUT2D eigenvalue weighted by molar-refractivity contribution is 6.00. The number of halogens is 3. The maximum atomic E-state index is 13.0. The van der Waals surface area contributed by atoms with E-state index in [2.05, 4.69) is 10.4 Å². The van der Waals surface area contributed by atoms with Gasteiger partial charge in [-0.2, -0.15) is 18.3 Å². The normalized spacial score (nSPS) is 17.5. The van der Waals surface area contributed by atoms with Crippen LogP contribution in [-0.2, 0) is 13.2 Å². The number of amides is 3. The summed E-state index contributed by atoms with van der Waals surface area (Å²) >= 11 is 0. The predicted octanol–water partition coefficient (Wildman–Crippen LogP) is 3.85. The summed E-state index contributed by atoms with van der Waals surface area (Å²) < 4.78 is 42.4. The number of aryl methyl sites for hydroxylation is 1. The standard InChI is InChI=1S/C23H25F3N6O2/c1-3-31(21(34)28-16-6-4-5-15(9-16)23(24,25)26)17-10-22(11-17)13-30(14-22)20(33)18-12-27-32-8-7-29(2)19(18)32/h4-9,12,17H,3,10-11,13-14H2,1-2H3,(H,28,34). The van der Waals surface area contributed by atoms with Gasteiger partial charge in [0.05, 0.1) is 11.8 Å². The van der Waals surface area contributed by atoms with Gasteiger partial charge in [0, 0.05) is 56.2 Å². The van der Waals surface area contributed by atoms with E-state index in [0.29, 0.717) is 25.2 Å². The molecule has 1 aliphatic heterocycles. The van der Waals surface area contributed by atoms with Crippen molar-refractivity contribution in [2.24, 2.45) is 12.5 Å². The van der Waals surface area contributed by atoms with E-state index < -0.39 is 17.8 Å². The minimum atomic E-state index is -4.47. The van der Waals surface area contributed by atoms with Gasteiger partial charge in [0.1, 0.15) is 11.2 Å². The van der Waals surface area contributed by atoms with Crippen LogP contribution in [0.25, 0.3) is 5.65 Å². The summed E-state index contributed by atoms with van der Waals surface area (Å²) in [6.45, 7) is 3.53. The molecule has 180 valence electrons. The molecule has 11 heteroatoms. The molecule has 8 nitrogen and oxygen atoms in total. The van der Waals surface area contributed by atoms with Crippen molar-refractivity contribution in [3.8, 4) is 0 Å². The first-order valence-corrected chi connectivity index (χ1v) is 11.1. The Balaban J connectivity index is 1.18. The van der Waals surface area contributed by atoms with E-state index in [-0.39, 0.29) is 23.1 Å². The number of hydrogen-bond acceptors (Lipinski definition) is 3. The Morgan fingerprint density at radius 1 is 1.24 bits per heavy atom. The zero-order chi connectivity index (χ0) is 24.3. The van der Waals surface area contributed by atoms with E-state index >= 15 is 0 Å². The van der Waals surface area contributed by atoms with E-state index in [1.54, 1.807) is 26.7 Å². The number of carbonyl (C=O) groups excluding carboxylic acids is 2. The minimum Gasteiger partial charge on any atom is -0.337 e. The van der Waals surface area contributed by atoms with Crippen LogP contribution in [0.4, 0.5) is 23.7 Å². The predicted molar refractivity (Wildman–Crippen MR) is 118 cm³/mol. The number of carbonyl (C=O) groups is 2. The molecule has 1 aliphatic carbocycles. The molecule has 3 heterocycles. The molecule has 1 saturated carbocycles. The lowest BCUT2D eigenvalue weighted by atomic mass is 9.60. The van der Waals surface area contributed by atoms with E-state index in [4.69, 9.17) is 0 Å². The lowest BCUT2D eigenvalue weighted by Gasteiger charge is -2.60. The largest absolute Gasteiger partial charge is 0.416 e. The molecule has 1 aromatic carbocycles. The van der Waals surface area contributed by atoms with Crippen molar-refractivity contribution in [2.45, 2.75) is 32.0 Å². The van der Waals surface area contributed by atoms with Crippen LogP contribution in [-0.4, -0.2) is 61.6 Å². The molecule has 5 rings (SSSR count). The maximum Gasteiger partial charge on any atom is 0.416 e. The number of alkyl halides is 3. The van der Waals surface area contributed by atoms with Crippen molar-refractivity contribution in [1.29, 1.82) is 0 Å². The quantitative estimate of drug-likeness (QED) is 0.624. The van der Waals surface area contributed by atoms with Crippen LogP contribution in [0.3, 0.4) is 0 Å². The maximum absolute atomic E-state index is 13.0. The molecule has 34 heavy (non-hydrogen) atoms. The van der Waals surface area contributed by atoms with Gasteiger partial charge in [0.25, 0.3) is 5.91 Å². The van der Waals surface area contributed by atoms with E-state index in [9.17, 15) is 22.8 Å². The summed E-state index contributed by atoms with van der Waals surface area (Å²) in [6, 6.07) is 4.20. The molecule has 3 aromatic rings. The van der Waals surface area contributed by atoms with Gasteiger partial charge in [0.15, 0.2) is 0 Å². The molecule has 1 N–H and O–H groups in total. The Kier molecular flexibility index (Phi) is 5.10. The highest BCUT2D eigenvalue weighted by Crippen LogP contribution is 2.50. The van der Waals surface area contributed by atoms with Crippen molar-refractivity contribution in [3.63, 3.8) is 0 Å².